The van der Waals surface area contributed by atoms with Gasteiger partial charge in [-0.1, -0.05) is 0 Å². The molecule has 0 radical (unpaired) electrons. The number of amides is 2. The number of nitrogens with zero attached hydrogens (tertiary/aromatic N) is 4. The van der Waals surface area contributed by atoms with Gasteiger partial charge in [0, 0.05) is 37.4 Å². The van der Waals surface area contributed by atoms with Crippen LogP contribution in [0.15, 0.2) is 11.7 Å². The second-order valence-corrected chi connectivity index (χ2v) is 8.30. The van der Waals surface area contributed by atoms with Crippen molar-refractivity contribution in [1.29, 1.82) is 0 Å². The first kappa shape index (κ1) is 18.6. The maximum atomic E-state index is 12.4. The molecule has 1 aliphatic rings. The summed E-state index contributed by atoms with van der Waals surface area (Å²) in [6.45, 7) is 7.23. The third-order valence-electron chi connectivity index (χ3n) is 4.29. The summed E-state index contributed by atoms with van der Waals surface area (Å²) in [7, 11) is 0. The van der Waals surface area contributed by atoms with Gasteiger partial charge in [-0.2, -0.15) is 5.10 Å². The molecule has 0 atom stereocenters. The molecule has 8 nitrogen and oxygen atoms in total. The molecule has 1 fully saturated rings. The molecule has 0 unspecified atom stereocenters. The Morgan fingerprint density at radius 3 is 2.77 bits per heavy atom. The van der Waals surface area contributed by atoms with Gasteiger partial charge < -0.3 is 15.0 Å². The number of ether oxygens (including phenoxy) is 1. The second-order valence-electron chi connectivity index (χ2n) is 7.46. The number of hydrogen-bond donors (Lipinski definition) is 1. The quantitative estimate of drug-likeness (QED) is 0.879. The normalized spacial score (nSPS) is 16.0. The summed E-state index contributed by atoms with van der Waals surface area (Å²) in [5.74, 6) is 0.00135. The van der Waals surface area contributed by atoms with Gasteiger partial charge >= 0.3 is 6.09 Å². The van der Waals surface area contributed by atoms with Crippen molar-refractivity contribution < 1.29 is 14.3 Å². The molecule has 0 aromatic carbocycles. The first-order valence-electron chi connectivity index (χ1n) is 8.85. The van der Waals surface area contributed by atoms with E-state index in [9.17, 15) is 9.59 Å². The number of fused-ring (bicyclic) bond motifs is 1. The van der Waals surface area contributed by atoms with Crippen molar-refractivity contribution in [3.63, 3.8) is 0 Å². The molecule has 2 aromatic heterocycles. The minimum Gasteiger partial charge on any atom is -0.444 e. The van der Waals surface area contributed by atoms with Gasteiger partial charge in [0.2, 0.25) is 10.9 Å². The average molecular weight is 379 g/mol. The molecule has 0 saturated carbocycles. The van der Waals surface area contributed by atoms with Crippen molar-refractivity contribution in [1.82, 2.24) is 24.8 Å². The molecule has 9 heteroatoms. The fourth-order valence-corrected chi connectivity index (χ4v) is 3.78. The summed E-state index contributed by atoms with van der Waals surface area (Å²) in [5, 5.41) is 9.18. The molecule has 0 spiro atoms. The number of thiazole rings is 1. The minimum atomic E-state index is -0.498. The summed E-state index contributed by atoms with van der Waals surface area (Å²) in [6, 6.07) is 0. The Morgan fingerprint density at radius 1 is 1.35 bits per heavy atom. The van der Waals surface area contributed by atoms with E-state index in [0.29, 0.717) is 38.9 Å². The largest absolute Gasteiger partial charge is 0.444 e. The standard InChI is InChI=1S/C17H25N5O3S/c1-17(2,3)25-16(24)21-8-5-12(6-9-21)14(23)18-7-4-13-10-26-15-19-11-20-22(13)15/h10-12H,4-9H2,1-3H3,(H,18,23). The zero-order chi connectivity index (χ0) is 18.7. The Morgan fingerprint density at radius 2 is 2.08 bits per heavy atom. The van der Waals surface area contributed by atoms with Crippen molar-refractivity contribution in [2.45, 2.75) is 45.6 Å². The SMILES string of the molecule is CC(C)(C)OC(=O)N1CCC(C(=O)NCCc2csc3ncnn23)CC1. The molecule has 0 bridgehead atoms. The monoisotopic (exact) mass is 379 g/mol. The Balaban J connectivity index is 1.41. The first-order chi connectivity index (χ1) is 12.3. The van der Waals surface area contributed by atoms with Crippen LogP contribution in [0.25, 0.3) is 4.96 Å². The molecular weight excluding hydrogens is 354 g/mol. The van der Waals surface area contributed by atoms with Crippen molar-refractivity contribution in [3.8, 4) is 0 Å². The van der Waals surface area contributed by atoms with E-state index in [1.54, 1.807) is 20.8 Å². The van der Waals surface area contributed by atoms with Crippen molar-refractivity contribution in [3.05, 3.63) is 17.4 Å². The fraction of sp³-hybridized carbons (Fsp3) is 0.647. The highest BCUT2D eigenvalue weighted by Gasteiger charge is 2.29. The summed E-state index contributed by atoms with van der Waals surface area (Å²) in [5.41, 5.74) is 0.546. The number of carbonyl (C=O) groups is 2. The predicted octanol–water partition coefficient (Wildman–Crippen LogP) is 2.10. The molecule has 1 aliphatic heterocycles. The van der Waals surface area contributed by atoms with E-state index in [1.807, 2.05) is 26.2 Å². The molecule has 2 amide bonds. The maximum absolute atomic E-state index is 12.4. The molecule has 142 valence electrons. The van der Waals surface area contributed by atoms with Crippen molar-refractivity contribution in [2.75, 3.05) is 19.6 Å². The maximum Gasteiger partial charge on any atom is 0.410 e. The van der Waals surface area contributed by atoms with Crippen LogP contribution in [0.5, 0.6) is 0 Å². The van der Waals surface area contributed by atoms with Crippen LogP contribution >= 0.6 is 11.3 Å². The van der Waals surface area contributed by atoms with Crippen LogP contribution in [0.3, 0.4) is 0 Å². The van der Waals surface area contributed by atoms with Crippen LogP contribution < -0.4 is 5.32 Å². The van der Waals surface area contributed by atoms with Crippen LogP contribution in [0.4, 0.5) is 4.79 Å². The number of likely N-dealkylation sites (tertiary alicyclic amines) is 1. The van der Waals surface area contributed by atoms with E-state index in [-0.39, 0.29) is 17.9 Å². The highest BCUT2D eigenvalue weighted by molar-refractivity contribution is 7.15. The fourth-order valence-electron chi connectivity index (χ4n) is 2.95. The minimum absolute atomic E-state index is 0.0532. The number of nitrogens with one attached hydrogen (secondary N) is 1. The molecule has 1 N–H and O–H groups in total. The number of carbonyl (C=O) groups excluding carboxylic acids is 2. The van der Waals surface area contributed by atoms with Crippen LogP contribution in [0.1, 0.15) is 39.3 Å². The van der Waals surface area contributed by atoms with Crippen molar-refractivity contribution in [2.24, 2.45) is 5.92 Å². The van der Waals surface area contributed by atoms with Gasteiger partial charge in [0.05, 0.1) is 5.69 Å². The lowest BCUT2D eigenvalue weighted by atomic mass is 9.96. The highest BCUT2D eigenvalue weighted by Crippen LogP contribution is 2.20. The zero-order valence-corrected chi connectivity index (χ0v) is 16.2. The topological polar surface area (TPSA) is 88.8 Å². The van der Waals surface area contributed by atoms with Crippen LogP contribution in [-0.4, -0.2) is 56.7 Å². The lowest BCUT2D eigenvalue weighted by Crippen LogP contribution is -2.45. The molecule has 0 aliphatic carbocycles. The van der Waals surface area contributed by atoms with Gasteiger partial charge in [0.15, 0.2) is 0 Å². The van der Waals surface area contributed by atoms with Crippen LogP contribution in [-0.2, 0) is 16.0 Å². The first-order valence-corrected chi connectivity index (χ1v) is 9.73. The lowest BCUT2D eigenvalue weighted by Gasteiger charge is -2.32. The Labute approximate surface area is 156 Å². The van der Waals surface area contributed by atoms with Gasteiger partial charge in [-0.25, -0.2) is 14.3 Å². The Kier molecular flexibility index (Phi) is 5.45. The van der Waals surface area contributed by atoms with Gasteiger partial charge in [-0.15, -0.1) is 11.3 Å². The summed E-state index contributed by atoms with van der Waals surface area (Å²) in [4.78, 5) is 31.1. The molecule has 3 heterocycles. The van der Waals surface area contributed by atoms with E-state index in [2.05, 4.69) is 15.4 Å². The molecular formula is C17H25N5O3S. The number of aromatic nitrogens is 3. The molecule has 2 aromatic rings. The van der Waals surface area contributed by atoms with E-state index >= 15 is 0 Å². The van der Waals surface area contributed by atoms with E-state index in [4.69, 9.17) is 4.74 Å². The molecule has 3 rings (SSSR count). The lowest BCUT2D eigenvalue weighted by molar-refractivity contribution is -0.126. The molecule has 26 heavy (non-hydrogen) atoms. The van der Waals surface area contributed by atoms with Crippen LogP contribution in [0, 0.1) is 5.92 Å². The zero-order valence-electron chi connectivity index (χ0n) is 15.4. The van der Waals surface area contributed by atoms with E-state index < -0.39 is 5.60 Å². The van der Waals surface area contributed by atoms with Gasteiger partial charge in [-0.3, -0.25) is 4.79 Å². The third-order valence-corrected chi connectivity index (χ3v) is 5.17. The van der Waals surface area contributed by atoms with Gasteiger partial charge in [0.25, 0.3) is 0 Å². The van der Waals surface area contributed by atoms with E-state index in [0.717, 1.165) is 10.7 Å². The Hall–Kier alpha value is -2.16. The summed E-state index contributed by atoms with van der Waals surface area (Å²) in [6.07, 6.45) is 3.28. The third kappa shape index (κ3) is 4.51. The highest BCUT2D eigenvalue weighted by atomic mass is 32.1. The number of piperidine rings is 1. The average Bonchev–Trinajstić information content (AvgIpc) is 3.18. The van der Waals surface area contributed by atoms with Crippen LogP contribution in [0.2, 0.25) is 0 Å². The van der Waals surface area contributed by atoms with Gasteiger partial charge in [0.1, 0.15) is 11.9 Å². The Bertz CT molecular complexity index is 771. The second kappa shape index (κ2) is 7.61. The molecule has 1 saturated heterocycles. The number of hydrogen-bond acceptors (Lipinski definition) is 6. The summed E-state index contributed by atoms with van der Waals surface area (Å²) >= 11 is 1.54. The smallest absolute Gasteiger partial charge is 0.410 e. The van der Waals surface area contributed by atoms with Gasteiger partial charge in [-0.05, 0) is 33.6 Å². The van der Waals surface area contributed by atoms with Crippen molar-refractivity contribution >= 4 is 28.3 Å². The van der Waals surface area contributed by atoms with E-state index in [1.165, 1.54) is 6.33 Å². The summed E-state index contributed by atoms with van der Waals surface area (Å²) < 4.78 is 7.18. The predicted molar refractivity (Wildman–Crippen MR) is 98.1 cm³/mol. The number of rotatable bonds is 4.